The Balaban J connectivity index is 1.94. The molecular weight excluding hydrogens is 266 g/mol. The van der Waals surface area contributed by atoms with Gasteiger partial charge in [0.2, 0.25) is 5.76 Å². The van der Waals surface area contributed by atoms with Crippen LogP contribution < -0.4 is 5.32 Å². The summed E-state index contributed by atoms with van der Waals surface area (Å²) in [5.74, 6) is 1.31. The molecule has 4 heteroatoms. The third kappa shape index (κ3) is 4.10. The number of ether oxygens (including phenoxy) is 1. The Labute approximate surface area is 127 Å². The van der Waals surface area contributed by atoms with E-state index < -0.39 is 5.97 Å². The van der Waals surface area contributed by atoms with Crippen LogP contribution in [0, 0.1) is 11.3 Å². The van der Waals surface area contributed by atoms with E-state index in [4.69, 9.17) is 4.42 Å². The summed E-state index contributed by atoms with van der Waals surface area (Å²) >= 11 is 0. The molecule has 1 aliphatic rings. The standard InChI is InChI=1S/C17H27NO3/c1-17(2,3)13-7-5-6-8-14(13)18-11-12-9-10-15(21-12)16(19)20-4/h9-10,13-14,18H,5-8,11H2,1-4H3. The summed E-state index contributed by atoms with van der Waals surface area (Å²) in [6.45, 7) is 7.62. The van der Waals surface area contributed by atoms with Gasteiger partial charge in [-0.25, -0.2) is 4.79 Å². The number of rotatable bonds is 4. The van der Waals surface area contributed by atoms with Gasteiger partial charge in [0.05, 0.1) is 13.7 Å². The molecule has 1 aromatic heterocycles. The number of carbonyl (C=O) groups excluding carboxylic acids is 1. The van der Waals surface area contributed by atoms with Gasteiger partial charge in [0.25, 0.3) is 0 Å². The van der Waals surface area contributed by atoms with E-state index >= 15 is 0 Å². The molecule has 1 fully saturated rings. The quantitative estimate of drug-likeness (QED) is 0.859. The van der Waals surface area contributed by atoms with E-state index in [1.807, 2.05) is 6.07 Å². The number of methoxy groups -OCH3 is 1. The minimum atomic E-state index is -0.425. The van der Waals surface area contributed by atoms with E-state index in [0.717, 1.165) is 5.76 Å². The first-order chi connectivity index (χ1) is 9.91. The average Bonchev–Trinajstić information content (AvgIpc) is 2.92. The van der Waals surface area contributed by atoms with Gasteiger partial charge in [-0.05, 0) is 36.3 Å². The lowest BCUT2D eigenvalue weighted by Crippen LogP contribution is -2.43. The molecule has 0 aromatic carbocycles. The molecule has 4 nitrogen and oxygen atoms in total. The lowest BCUT2D eigenvalue weighted by atomic mass is 9.69. The van der Waals surface area contributed by atoms with Crippen LogP contribution in [0.2, 0.25) is 0 Å². The van der Waals surface area contributed by atoms with Gasteiger partial charge in [-0.3, -0.25) is 0 Å². The Morgan fingerprint density at radius 3 is 2.71 bits per heavy atom. The molecule has 2 rings (SSSR count). The molecular formula is C17H27NO3. The van der Waals surface area contributed by atoms with Crippen LogP contribution in [-0.2, 0) is 11.3 Å². The Kier molecular flexibility index (Phi) is 5.09. The van der Waals surface area contributed by atoms with E-state index in [2.05, 4.69) is 30.8 Å². The maximum atomic E-state index is 11.4. The smallest absolute Gasteiger partial charge is 0.373 e. The highest BCUT2D eigenvalue weighted by Gasteiger charge is 2.33. The Morgan fingerprint density at radius 2 is 2.05 bits per heavy atom. The molecule has 118 valence electrons. The number of furan rings is 1. The third-order valence-electron chi connectivity index (χ3n) is 4.47. The van der Waals surface area contributed by atoms with Crippen molar-refractivity contribution in [1.82, 2.24) is 5.32 Å². The van der Waals surface area contributed by atoms with Crippen LogP contribution in [0.25, 0.3) is 0 Å². The molecule has 0 radical (unpaired) electrons. The van der Waals surface area contributed by atoms with Crippen molar-refractivity contribution in [2.24, 2.45) is 11.3 Å². The summed E-state index contributed by atoms with van der Waals surface area (Å²) in [5.41, 5.74) is 0.318. The number of hydrogen-bond donors (Lipinski definition) is 1. The molecule has 1 aliphatic carbocycles. The van der Waals surface area contributed by atoms with E-state index in [1.54, 1.807) is 6.07 Å². The average molecular weight is 293 g/mol. The second-order valence-electron chi connectivity index (χ2n) is 7.00. The monoisotopic (exact) mass is 293 g/mol. The van der Waals surface area contributed by atoms with Crippen LogP contribution in [0.4, 0.5) is 0 Å². The largest absolute Gasteiger partial charge is 0.463 e. The minimum Gasteiger partial charge on any atom is -0.463 e. The highest BCUT2D eigenvalue weighted by molar-refractivity contribution is 5.86. The van der Waals surface area contributed by atoms with E-state index in [-0.39, 0.29) is 5.76 Å². The van der Waals surface area contributed by atoms with Crippen LogP contribution in [0.1, 0.15) is 62.8 Å². The minimum absolute atomic E-state index is 0.269. The molecule has 0 bridgehead atoms. The van der Waals surface area contributed by atoms with Crippen molar-refractivity contribution >= 4 is 5.97 Å². The summed E-state index contributed by atoms with van der Waals surface area (Å²) in [6, 6.07) is 4.03. The summed E-state index contributed by atoms with van der Waals surface area (Å²) in [4.78, 5) is 11.4. The van der Waals surface area contributed by atoms with Gasteiger partial charge in [0, 0.05) is 6.04 Å². The molecule has 1 N–H and O–H groups in total. The van der Waals surface area contributed by atoms with Crippen LogP contribution in [0.5, 0.6) is 0 Å². The van der Waals surface area contributed by atoms with Crippen LogP contribution in [0.3, 0.4) is 0 Å². The zero-order valence-corrected chi connectivity index (χ0v) is 13.6. The van der Waals surface area contributed by atoms with Gasteiger partial charge < -0.3 is 14.5 Å². The molecule has 2 atom stereocenters. The van der Waals surface area contributed by atoms with Crippen molar-refractivity contribution in [2.45, 2.75) is 59.0 Å². The molecule has 0 spiro atoms. The first kappa shape index (κ1) is 16.1. The van der Waals surface area contributed by atoms with Gasteiger partial charge in [0.1, 0.15) is 5.76 Å². The number of esters is 1. The summed E-state index contributed by atoms with van der Waals surface area (Å²) in [7, 11) is 1.36. The maximum absolute atomic E-state index is 11.4. The second-order valence-corrected chi connectivity index (χ2v) is 7.00. The predicted octanol–water partition coefficient (Wildman–Crippen LogP) is 3.76. The van der Waals surface area contributed by atoms with Crippen molar-refractivity contribution in [3.8, 4) is 0 Å². The zero-order chi connectivity index (χ0) is 15.5. The van der Waals surface area contributed by atoms with Crippen molar-refractivity contribution in [3.05, 3.63) is 23.7 Å². The molecule has 2 unspecified atom stereocenters. The van der Waals surface area contributed by atoms with Crippen molar-refractivity contribution in [2.75, 3.05) is 7.11 Å². The van der Waals surface area contributed by atoms with Crippen LogP contribution >= 0.6 is 0 Å². The number of hydrogen-bond acceptors (Lipinski definition) is 4. The highest BCUT2D eigenvalue weighted by Crippen LogP contribution is 2.38. The molecule has 1 aromatic rings. The van der Waals surface area contributed by atoms with Crippen LogP contribution in [0.15, 0.2) is 16.5 Å². The Morgan fingerprint density at radius 1 is 1.33 bits per heavy atom. The lowest BCUT2D eigenvalue weighted by molar-refractivity contribution is 0.0562. The molecule has 1 heterocycles. The van der Waals surface area contributed by atoms with Gasteiger partial charge in [0.15, 0.2) is 0 Å². The lowest BCUT2D eigenvalue weighted by Gasteiger charge is -2.40. The van der Waals surface area contributed by atoms with Crippen molar-refractivity contribution < 1.29 is 13.9 Å². The molecule has 0 aliphatic heterocycles. The zero-order valence-electron chi connectivity index (χ0n) is 13.6. The summed E-state index contributed by atoms with van der Waals surface area (Å²) < 4.78 is 10.2. The predicted molar refractivity (Wildman–Crippen MR) is 82.1 cm³/mol. The van der Waals surface area contributed by atoms with Crippen LogP contribution in [-0.4, -0.2) is 19.1 Å². The second kappa shape index (κ2) is 6.65. The van der Waals surface area contributed by atoms with Gasteiger partial charge in [-0.1, -0.05) is 33.6 Å². The highest BCUT2D eigenvalue weighted by atomic mass is 16.5. The maximum Gasteiger partial charge on any atom is 0.373 e. The first-order valence-electron chi connectivity index (χ1n) is 7.82. The fourth-order valence-electron chi connectivity index (χ4n) is 3.33. The van der Waals surface area contributed by atoms with Gasteiger partial charge in [-0.15, -0.1) is 0 Å². The molecule has 21 heavy (non-hydrogen) atoms. The summed E-state index contributed by atoms with van der Waals surface area (Å²) in [5, 5.41) is 3.62. The van der Waals surface area contributed by atoms with Gasteiger partial charge >= 0.3 is 5.97 Å². The number of nitrogens with one attached hydrogen (secondary N) is 1. The fraction of sp³-hybridized carbons (Fsp3) is 0.706. The SMILES string of the molecule is COC(=O)c1ccc(CNC2CCCCC2C(C)(C)C)o1. The van der Waals surface area contributed by atoms with Gasteiger partial charge in [-0.2, -0.15) is 0 Å². The van der Waals surface area contributed by atoms with E-state index in [9.17, 15) is 4.79 Å². The topological polar surface area (TPSA) is 51.5 Å². The fourth-order valence-corrected chi connectivity index (χ4v) is 3.33. The summed E-state index contributed by atoms with van der Waals surface area (Å²) in [6.07, 6.45) is 5.11. The Hall–Kier alpha value is -1.29. The van der Waals surface area contributed by atoms with Crippen molar-refractivity contribution in [3.63, 3.8) is 0 Å². The molecule has 1 saturated carbocycles. The third-order valence-corrected chi connectivity index (χ3v) is 4.47. The van der Waals surface area contributed by atoms with Crippen molar-refractivity contribution in [1.29, 1.82) is 0 Å². The first-order valence-corrected chi connectivity index (χ1v) is 7.82. The molecule has 0 saturated heterocycles. The molecule has 0 amide bonds. The normalized spacial score (nSPS) is 23.0. The number of carbonyl (C=O) groups is 1. The van der Waals surface area contributed by atoms with E-state index in [0.29, 0.717) is 23.9 Å². The van der Waals surface area contributed by atoms with E-state index in [1.165, 1.54) is 32.8 Å². The Bertz CT molecular complexity index is 473.